The van der Waals surface area contributed by atoms with E-state index in [-0.39, 0.29) is 17.3 Å². The Hall–Kier alpha value is -1.76. The van der Waals surface area contributed by atoms with Gasteiger partial charge in [0.05, 0.1) is 11.1 Å². The molecule has 1 N–H and O–H groups in total. The topological polar surface area (TPSA) is 43.8 Å². The van der Waals surface area contributed by atoms with Gasteiger partial charge in [0.15, 0.2) is 0 Å². The van der Waals surface area contributed by atoms with Crippen LogP contribution in [0.5, 0.6) is 0 Å². The second-order valence-corrected chi connectivity index (χ2v) is 5.86. The summed E-state index contributed by atoms with van der Waals surface area (Å²) in [6.45, 7) is 3.96. The van der Waals surface area contributed by atoms with Crippen LogP contribution in [-0.2, 0) is 6.18 Å². The number of hydrogen-bond acceptors (Lipinski definition) is 3. The van der Waals surface area contributed by atoms with E-state index in [4.69, 9.17) is 5.11 Å². The van der Waals surface area contributed by atoms with E-state index in [1.165, 1.54) is 12.1 Å². The zero-order chi connectivity index (χ0) is 17.2. The van der Waals surface area contributed by atoms with Gasteiger partial charge in [0.1, 0.15) is 0 Å². The molecular weight excluding hydrogens is 309 g/mol. The van der Waals surface area contributed by atoms with E-state index in [9.17, 15) is 18.0 Å². The van der Waals surface area contributed by atoms with E-state index in [0.29, 0.717) is 6.54 Å². The highest BCUT2D eigenvalue weighted by Gasteiger charge is 2.37. The normalized spacial score (nSPS) is 17.3. The number of likely N-dealkylation sites (tertiary alicyclic amines) is 1. The molecule has 1 aromatic carbocycles. The molecule has 1 fully saturated rings. The second kappa shape index (κ2) is 6.78. The highest BCUT2D eigenvalue weighted by Crippen LogP contribution is 2.38. The number of rotatable bonds is 4. The van der Waals surface area contributed by atoms with E-state index >= 15 is 0 Å². The molecule has 0 spiro atoms. The van der Waals surface area contributed by atoms with Crippen LogP contribution in [0.2, 0.25) is 0 Å². The molecule has 1 aliphatic heterocycles. The molecule has 2 rings (SSSR count). The lowest BCUT2D eigenvalue weighted by molar-refractivity contribution is -0.137. The summed E-state index contributed by atoms with van der Waals surface area (Å²) in [5, 5.41) is 8.95. The van der Waals surface area contributed by atoms with Gasteiger partial charge in [-0.05, 0) is 58.1 Å². The first-order valence-electron chi connectivity index (χ1n) is 7.63. The summed E-state index contributed by atoms with van der Waals surface area (Å²) in [5.74, 6) is -1.36. The van der Waals surface area contributed by atoms with Crippen LogP contribution in [0.4, 0.5) is 18.9 Å². The molecule has 0 saturated carbocycles. The Balaban J connectivity index is 2.41. The zero-order valence-electron chi connectivity index (χ0n) is 13.2. The first-order chi connectivity index (χ1) is 10.7. The Morgan fingerprint density at radius 1 is 1.35 bits per heavy atom. The summed E-state index contributed by atoms with van der Waals surface area (Å²) < 4.78 is 40.2. The maximum Gasteiger partial charge on any atom is 0.418 e. The second-order valence-electron chi connectivity index (χ2n) is 5.86. The summed E-state index contributed by atoms with van der Waals surface area (Å²) in [4.78, 5) is 14.9. The molecule has 23 heavy (non-hydrogen) atoms. The van der Waals surface area contributed by atoms with Crippen LogP contribution >= 0.6 is 0 Å². The maximum absolute atomic E-state index is 13.4. The van der Waals surface area contributed by atoms with Gasteiger partial charge >= 0.3 is 12.1 Å². The largest absolute Gasteiger partial charge is 0.478 e. The Labute approximate surface area is 133 Å². The molecule has 0 unspecified atom stereocenters. The van der Waals surface area contributed by atoms with Crippen molar-refractivity contribution in [2.45, 2.75) is 32.0 Å². The third-order valence-corrected chi connectivity index (χ3v) is 4.33. The van der Waals surface area contributed by atoms with Crippen molar-refractivity contribution >= 4 is 11.7 Å². The number of piperidine rings is 1. The Morgan fingerprint density at radius 3 is 2.43 bits per heavy atom. The minimum atomic E-state index is -4.58. The number of benzene rings is 1. The van der Waals surface area contributed by atoms with Gasteiger partial charge in [-0.2, -0.15) is 13.2 Å². The van der Waals surface area contributed by atoms with Gasteiger partial charge in [-0.15, -0.1) is 0 Å². The minimum absolute atomic E-state index is 0.0352. The first-order valence-corrected chi connectivity index (χ1v) is 7.63. The molecule has 1 aromatic rings. The van der Waals surface area contributed by atoms with Crippen molar-refractivity contribution in [3.8, 4) is 0 Å². The summed E-state index contributed by atoms with van der Waals surface area (Å²) in [6.07, 6.45) is -3.00. The van der Waals surface area contributed by atoms with Crippen LogP contribution in [0.3, 0.4) is 0 Å². The smallest absolute Gasteiger partial charge is 0.418 e. The van der Waals surface area contributed by atoms with Crippen molar-refractivity contribution in [3.63, 3.8) is 0 Å². The van der Waals surface area contributed by atoms with Crippen LogP contribution in [0.1, 0.15) is 35.7 Å². The van der Waals surface area contributed by atoms with Crippen molar-refractivity contribution in [2.24, 2.45) is 0 Å². The molecule has 1 heterocycles. The predicted octanol–water partition coefficient (Wildman–Crippen LogP) is 3.32. The lowest BCUT2D eigenvalue weighted by Crippen LogP contribution is -2.44. The molecule has 4 nitrogen and oxygen atoms in total. The molecular formula is C16H21F3N2O2. The third-order valence-electron chi connectivity index (χ3n) is 4.33. The number of aromatic carboxylic acids is 1. The van der Waals surface area contributed by atoms with Gasteiger partial charge in [0.2, 0.25) is 0 Å². The van der Waals surface area contributed by atoms with Crippen LogP contribution < -0.4 is 4.90 Å². The predicted molar refractivity (Wildman–Crippen MR) is 81.9 cm³/mol. The van der Waals surface area contributed by atoms with E-state index in [1.54, 1.807) is 4.90 Å². The summed E-state index contributed by atoms with van der Waals surface area (Å²) >= 11 is 0. The van der Waals surface area contributed by atoms with E-state index < -0.39 is 17.7 Å². The first kappa shape index (κ1) is 17.6. The van der Waals surface area contributed by atoms with Gasteiger partial charge in [-0.3, -0.25) is 0 Å². The zero-order valence-corrected chi connectivity index (χ0v) is 13.2. The molecule has 1 aliphatic rings. The standard InChI is InChI=1S/C16H21F3N2O2/c1-3-21(12-6-8-20(2)9-7-12)14-5-4-11(15(22)23)10-13(14)16(17,18)19/h4-5,10,12H,3,6-9H2,1-2H3,(H,22,23). The number of anilines is 1. The Bertz CT molecular complexity index is 567. The van der Waals surface area contributed by atoms with Gasteiger partial charge in [0, 0.05) is 18.3 Å². The molecule has 1 saturated heterocycles. The average molecular weight is 330 g/mol. The molecule has 0 bridgehead atoms. The Kier molecular flexibility index (Phi) is 5.19. The summed E-state index contributed by atoms with van der Waals surface area (Å²) in [5.41, 5.74) is -1.15. The number of nitrogens with zero attached hydrogens (tertiary/aromatic N) is 2. The summed E-state index contributed by atoms with van der Waals surface area (Å²) in [6, 6.07) is 3.29. The molecule has 0 aromatic heterocycles. The number of carbonyl (C=O) groups is 1. The molecule has 128 valence electrons. The highest BCUT2D eigenvalue weighted by atomic mass is 19.4. The molecule has 7 heteroatoms. The average Bonchev–Trinajstić information content (AvgIpc) is 2.49. The van der Waals surface area contributed by atoms with E-state index in [0.717, 1.165) is 32.0 Å². The number of halogens is 3. The number of carboxylic acid groups (broad SMARTS) is 1. The fourth-order valence-corrected chi connectivity index (χ4v) is 3.08. The van der Waals surface area contributed by atoms with Gasteiger partial charge in [0.25, 0.3) is 0 Å². The van der Waals surface area contributed by atoms with Crippen molar-refractivity contribution in [2.75, 3.05) is 31.6 Å². The lowest BCUT2D eigenvalue weighted by atomic mass is 10.00. The van der Waals surface area contributed by atoms with Gasteiger partial charge in [-0.1, -0.05) is 0 Å². The van der Waals surface area contributed by atoms with Crippen LogP contribution in [0.15, 0.2) is 18.2 Å². The van der Waals surface area contributed by atoms with E-state index in [1.807, 2.05) is 14.0 Å². The minimum Gasteiger partial charge on any atom is -0.478 e. The number of carboxylic acids is 1. The monoisotopic (exact) mass is 330 g/mol. The number of hydrogen-bond donors (Lipinski definition) is 1. The molecule has 0 aliphatic carbocycles. The van der Waals surface area contributed by atoms with Crippen LogP contribution in [0, 0.1) is 0 Å². The molecule has 0 amide bonds. The van der Waals surface area contributed by atoms with Crippen molar-refractivity contribution < 1.29 is 23.1 Å². The van der Waals surface area contributed by atoms with Gasteiger partial charge in [-0.25, -0.2) is 4.79 Å². The quantitative estimate of drug-likeness (QED) is 0.920. The van der Waals surface area contributed by atoms with Crippen molar-refractivity contribution in [1.29, 1.82) is 0 Å². The molecule has 0 radical (unpaired) electrons. The lowest BCUT2D eigenvalue weighted by Gasteiger charge is -2.39. The van der Waals surface area contributed by atoms with Crippen LogP contribution in [-0.4, -0.2) is 48.7 Å². The van der Waals surface area contributed by atoms with E-state index in [2.05, 4.69) is 4.90 Å². The fourth-order valence-electron chi connectivity index (χ4n) is 3.08. The summed E-state index contributed by atoms with van der Waals surface area (Å²) in [7, 11) is 2.00. The number of alkyl halides is 3. The molecule has 0 atom stereocenters. The third kappa shape index (κ3) is 3.96. The fraction of sp³-hybridized carbons (Fsp3) is 0.562. The maximum atomic E-state index is 13.4. The van der Waals surface area contributed by atoms with Crippen molar-refractivity contribution in [3.05, 3.63) is 29.3 Å². The van der Waals surface area contributed by atoms with Crippen LogP contribution in [0.25, 0.3) is 0 Å². The highest BCUT2D eigenvalue weighted by molar-refractivity contribution is 5.88. The SMILES string of the molecule is CCN(c1ccc(C(=O)O)cc1C(F)(F)F)C1CCN(C)CC1. The van der Waals surface area contributed by atoms with Crippen molar-refractivity contribution in [1.82, 2.24) is 4.90 Å². The van der Waals surface area contributed by atoms with Gasteiger partial charge < -0.3 is 14.9 Å². The Morgan fingerprint density at radius 2 is 1.96 bits per heavy atom.